The van der Waals surface area contributed by atoms with E-state index in [-0.39, 0.29) is 46.2 Å². The number of pyridine rings is 1. The van der Waals surface area contributed by atoms with Crippen LogP contribution in [0.1, 0.15) is 66.4 Å². The van der Waals surface area contributed by atoms with E-state index in [1.807, 2.05) is 6.92 Å². The van der Waals surface area contributed by atoms with Crippen molar-refractivity contribution in [2.45, 2.75) is 70.4 Å². The maximum atomic E-state index is 14.2. The molecule has 2 saturated heterocycles. The summed E-state index contributed by atoms with van der Waals surface area (Å²) in [7, 11) is 0. The number of hydrogen-bond donors (Lipinski definition) is 3. The van der Waals surface area contributed by atoms with Gasteiger partial charge in [0.05, 0.1) is 35.8 Å². The van der Waals surface area contributed by atoms with E-state index in [0.29, 0.717) is 17.9 Å². The summed E-state index contributed by atoms with van der Waals surface area (Å²) < 4.78 is 47.8. The highest BCUT2D eigenvalue weighted by Gasteiger charge is 2.39. The molecule has 202 valence electrons. The molecule has 37 heavy (non-hydrogen) atoms. The zero-order valence-corrected chi connectivity index (χ0v) is 21.8. The summed E-state index contributed by atoms with van der Waals surface area (Å²) in [5, 5.41) is 15.3. The second-order valence-corrected chi connectivity index (χ2v) is 11.4. The summed E-state index contributed by atoms with van der Waals surface area (Å²) in [6.07, 6.45) is -3.09. The van der Waals surface area contributed by atoms with E-state index in [1.54, 1.807) is 25.7 Å². The molecule has 0 aliphatic carbocycles. The Kier molecular flexibility index (Phi) is 7.50. The van der Waals surface area contributed by atoms with E-state index in [2.05, 4.69) is 20.6 Å². The minimum atomic E-state index is -4.76. The number of thiazole rings is 1. The highest BCUT2D eigenvalue weighted by atomic mass is 32.1. The van der Waals surface area contributed by atoms with Gasteiger partial charge in [-0.1, -0.05) is 0 Å². The quantitative estimate of drug-likeness (QED) is 0.530. The van der Waals surface area contributed by atoms with Crippen LogP contribution < -0.4 is 10.6 Å². The van der Waals surface area contributed by atoms with Crippen molar-refractivity contribution < 1.29 is 32.6 Å². The van der Waals surface area contributed by atoms with Crippen molar-refractivity contribution in [3.8, 4) is 10.4 Å². The van der Waals surface area contributed by atoms with Gasteiger partial charge in [0, 0.05) is 29.9 Å². The number of aromatic nitrogens is 2. The third-order valence-corrected chi connectivity index (χ3v) is 7.25. The van der Waals surface area contributed by atoms with Crippen LogP contribution in [0.5, 0.6) is 0 Å². The first kappa shape index (κ1) is 27.3. The van der Waals surface area contributed by atoms with Gasteiger partial charge in [-0.2, -0.15) is 13.2 Å². The molecule has 0 spiro atoms. The molecule has 2 fully saturated rings. The number of aliphatic hydroxyl groups is 1. The Morgan fingerprint density at radius 2 is 1.97 bits per heavy atom. The predicted octanol–water partition coefficient (Wildman–Crippen LogP) is 3.55. The molecule has 0 saturated carbocycles. The first-order valence-electron chi connectivity index (χ1n) is 12.0. The lowest BCUT2D eigenvalue weighted by atomic mass is 10.1. The van der Waals surface area contributed by atoms with Gasteiger partial charge in [-0.05, 0) is 46.6 Å². The summed E-state index contributed by atoms with van der Waals surface area (Å²) >= 11 is 0.689. The maximum absolute atomic E-state index is 14.2. The average molecular weight is 542 g/mol. The van der Waals surface area contributed by atoms with Crippen LogP contribution in [0.3, 0.4) is 0 Å². The third kappa shape index (κ3) is 6.04. The van der Waals surface area contributed by atoms with Crippen LogP contribution in [0.4, 0.5) is 19.0 Å². The molecule has 9 nitrogen and oxygen atoms in total. The summed E-state index contributed by atoms with van der Waals surface area (Å²) in [5.74, 6) is -1.21. The van der Waals surface area contributed by atoms with Crippen molar-refractivity contribution in [3.63, 3.8) is 0 Å². The number of carbonyl (C=O) groups excluding carboxylic acids is 2. The van der Waals surface area contributed by atoms with Crippen molar-refractivity contribution in [2.24, 2.45) is 0 Å². The number of anilines is 1. The summed E-state index contributed by atoms with van der Waals surface area (Å²) in [4.78, 5) is 36.3. The molecule has 4 heterocycles. The monoisotopic (exact) mass is 541 g/mol. The van der Waals surface area contributed by atoms with Gasteiger partial charge in [0.15, 0.2) is 5.01 Å². The molecule has 4 rings (SSSR count). The van der Waals surface area contributed by atoms with E-state index in [4.69, 9.17) is 4.74 Å². The molecule has 0 aromatic carbocycles. The molecule has 2 aromatic heterocycles. The van der Waals surface area contributed by atoms with Crippen LogP contribution >= 0.6 is 11.3 Å². The average Bonchev–Trinajstić information content (AvgIpc) is 3.52. The van der Waals surface area contributed by atoms with Crippen molar-refractivity contribution in [3.05, 3.63) is 28.5 Å². The van der Waals surface area contributed by atoms with Gasteiger partial charge >= 0.3 is 6.18 Å². The molecule has 0 radical (unpaired) electrons. The van der Waals surface area contributed by atoms with Crippen molar-refractivity contribution in [1.29, 1.82) is 0 Å². The summed E-state index contributed by atoms with van der Waals surface area (Å²) in [6.45, 7) is 7.84. The number of nitrogens with one attached hydrogen (secondary N) is 2. The van der Waals surface area contributed by atoms with Crippen LogP contribution in [0.2, 0.25) is 0 Å². The number of nitrogens with zero attached hydrogens (tertiary/aromatic N) is 3. The number of alkyl halides is 3. The number of hydrogen-bond acceptors (Lipinski definition) is 8. The van der Waals surface area contributed by atoms with Gasteiger partial charge in [-0.25, -0.2) is 9.97 Å². The van der Waals surface area contributed by atoms with E-state index >= 15 is 0 Å². The SMILES string of the molecule is C[C@H]1CCCN1C(=O)c1nc(C(=O)N[C@H]2COC[C@@H]2O)sc1-c1cnc(NC(C)(C)C)cc1C(F)(F)F. The van der Waals surface area contributed by atoms with E-state index in [0.717, 1.165) is 25.1 Å². The topological polar surface area (TPSA) is 117 Å². The minimum absolute atomic E-state index is 0.0299. The number of aliphatic hydroxyl groups excluding tert-OH is 1. The zero-order chi connectivity index (χ0) is 27.1. The lowest BCUT2D eigenvalue weighted by Crippen LogP contribution is -2.42. The molecule has 3 atom stereocenters. The Morgan fingerprint density at radius 1 is 1.24 bits per heavy atom. The normalized spacial score (nSPS) is 22.4. The number of ether oxygens (including phenoxy) is 1. The summed E-state index contributed by atoms with van der Waals surface area (Å²) in [5.41, 5.74) is -2.08. The fraction of sp³-hybridized carbons (Fsp3) is 0.583. The lowest BCUT2D eigenvalue weighted by molar-refractivity contribution is -0.137. The molecular formula is C24H30F3N5O4S. The number of likely N-dealkylation sites (tertiary alicyclic amines) is 1. The molecule has 2 amide bonds. The van der Waals surface area contributed by atoms with Crippen molar-refractivity contribution in [1.82, 2.24) is 20.2 Å². The molecule has 13 heteroatoms. The Morgan fingerprint density at radius 3 is 2.54 bits per heavy atom. The number of carbonyl (C=O) groups is 2. The van der Waals surface area contributed by atoms with Gasteiger partial charge in [-0.3, -0.25) is 9.59 Å². The van der Waals surface area contributed by atoms with Gasteiger partial charge in [0.2, 0.25) is 0 Å². The van der Waals surface area contributed by atoms with Crippen LogP contribution in [-0.4, -0.2) is 75.3 Å². The van der Waals surface area contributed by atoms with Crippen LogP contribution in [0, 0.1) is 0 Å². The highest BCUT2D eigenvalue weighted by Crippen LogP contribution is 2.42. The van der Waals surface area contributed by atoms with Crippen LogP contribution in [0.25, 0.3) is 10.4 Å². The molecule has 0 unspecified atom stereocenters. The molecule has 2 aromatic rings. The number of amides is 2. The molecule has 2 aliphatic rings. The molecular weight excluding hydrogens is 511 g/mol. The number of rotatable bonds is 5. The van der Waals surface area contributed by atoms with Crippen LogP contribution in [-0.2, 0) is 10.9 Å². The second kappa shape index (κ2) is 10.2. The standard InChI is InChI=1S/C24H30F3N5O4S/c1-12-6-5-7-32(12)22(35)18-19(37-21(30-18)20(34)29-15-10-36-11-16(15)33)13-9-28-17(31-23(2,3)4)8-14(13)24(25,26)27/h8-9,12,15-16,33H,5-7,10-11H2,1-4H3,(H,28,31)(H,29,34)/t12-,15-,16-/m0/s1. The fourth-order valence-corrected chi connectivity index (χ4v) is 5.33. The minimum Gasteiger partial charge on any atom is -0.388 e. The van der Waals surface area contributed by atoms with Crippen LogP contribution in [0.15, 0.2) is 12.3 Å². The molecule has 3 N–H and O–H groups in total. The highest BCUT2D eigenvalue weighted by molar-refractivity contribution is 7.17. The smallest absolute Gasteiger partial charge is 0.388 e. The van der Waals surface area contributed by atoms with Crippen molar-refractivity contribution in [2.75, 3.05) is 25.1 Å². The Labute approximate surface area is 216 Å². The fourth-order valence-electron chi connectivity index (χ4n) is 4.35. The van der Waals surface area contributed by atoms with Gasteiger partial charge in [-0.15, -0.1) is 11.3 Å². The predicted molar refractivity (Wildman–Crippen MR) is 132 cm³/mol. The third-order valence-electron chi connectivity index (χ3n) is 6.16. The van der Waals surface area contributed by atoms with E-state index in [9.17, 15) is 27.9 Å². The zero-order valence-electron chi connectivity index (χ0n) is 21.0. The lowest BCUT2D eigenvalue weighted by Gasteiger charge is -2.23. The van der Waals surface area contributed by atoms with E-state index in [1.165, 1.54) is 0 Å². The van der Waals surface area contributed by atoms with Gasteiger partial charge in [0.25, 0.3) is 11.8 Å². The largest absolute Gasteiger partial charge is 0.417 e. The van der Waals surface area contributed by atoms with Gasteiger partial charge < -0.3 is 25.4 Å². The summed E-state index contributed by atoms with van der Waals surface area (Å²) in [6, 6.07) is 0.107. The number of halogens is 3. The van der Waals surface area contributed by atoms with E-state index < -0.39 is 41.2 Å². The Hall–Kier alpha value is -2.77. The molecule has 0 bridgehead atoms. The molecule has 2 aliphatic heterocycles. The van der Waals surface area contributed by atoms with Gasteiger partial charge in [0.1, 0.15) is 11.5 Å². The first-order chi connectivity index (χ1) is 17.2. The van der Waals surface area contributed by atoms with Crippen molar-refractivity contribution >= 4 is 29.0 Å². The second-order valence-electron chi connectivity index (χ2n) is 10.4. The first-order valence-corrected chi connectivity index (χ1v) is 12.8. The Balaban J connectivity index is 1.80. The maximum Gasteiger partial charge on any atom is 0.417 e. The Bertz CT molecular complexity index is 1180.